The molecule has 1 amide bonds. The van der Waals surface area contributed by atoms with Gasteiger partial charge in [-0.15, -0.1) is 0 Å². The first-order chi connectivity index (χ1) is 10.1. The molecule has 1 aliphatic rings. The predicted octanol–water partition coefficient (Wildman–Crippen LogP) is 2.72. The van der Waals surface area contributed by atoms with Crippen molar-refractivity contribution in [1.29, 1.82) is 0 Å². The highest BCUT2D eigenvalue weighted by atomic mass is 16.6. The molecule has 0 bridgehead atoms. The maximum absolute atomic E-state index is 12.0. The average Bonchev–Trinajstić information content (AvgIpc) is 2.49. The summed E-state index contributed by atoms with van der Waals surface area (Å²) in [5.41, 5.74) is 1.38. The Balaban J connectivity index is 1.91. The fourth-order valence-corrected chi connectivity index (χ4v) is 2.63. The first-order valence-electron chi connectivity index (χ1n) is 7.35. The third-order valence-electron chi connectivity index (χ3n) is 3.80. The zero-order chi connectivity index (χ0) is 15.2. The van der Waals surface area contributed by atoms with Crippen LogP contribution in [0.4, 0.5) is 11.4 Å². The van der Waals surface area contributed by atoms with Gasteiger partial charge in [0.05, 0.1) is 4.92 Å². The van der Waals surface area contributed by atoms with E-state index in [1.54, 1.807) is 6.07 Å². The van der Waals surface area contributed by atoms with Crippen LogP contribution < -0.4 is 5.32 Å². The Morgan fingerprint density at radius 3 is 2.71 bits per heavy atom. The molecule has 1 fully saturated rings. The summed E-state index contributed by atoms with van der Waals surface area (Å²) >= 11 is 0. The number of hydrogen-bond donors (Lipinski definition) is 1. The van der Waals surface area contributed by atoms with Gasteiger partial charge in [0.2, 0.25) is 5.91 Å². The second kappa shape index (κ2) is 7.06. The minimum absolute atomic E-state index is 0.0559. The molecule has 0 atom stereocenters. The number of anilines is 1. The van der Waals surface area contributed by atoms with Crippen LogP contribution in [-0.2, 0) is 4.79 Å². The second-order valence-electron chi connectivity index (χ2n) is 5.34. The van der Waals surface area contributed by atoms with E-state index in [2.05, 4.69) is 5.32 Å². The topological polar surface area (TPSA) is 75.5 Å². The molecule has 114 valence electrons. The van der Waals surface area contributed by atoms with E-state index >= 15 is 0 Å². The number of nitro groups is 1. The molecule has 0 saturated carbocycles. The van der Waals surface area contributed by atoms with Gasteiger partial charge < -0.3 is 10.2 Å². The molecule has 2 rings (SSSR count). The van der Waals surface area contributed by atoms with E-state index in [0.717, 1.165) is 31.5 Å². The first kappa shape index (κ1) is 15.3. The number of hydrogen-bond acceptors (Lipinski definition) is 4. The molecule has 1 aliphatic heterocycles. The van der Waals surface area contributed by atoms with E-state index in [1.807, 2.05) is 17.9 Å². The van der Waals surface area contributed by atoms with E-state index < -0.39 is 4.92 Å². The van der Waals surface area contributed by atoms with Crippen LogP contribution in [0.5, 0.6) is 0 Å². The molecule has 0 radical (unpaired) electrons. The SMILES string of the molecule is Cc1cccc([N+](=O)[O-])c1NCCC(=O)N1CCCCC1. The Labute approximate surface area is 124 Å². The number of carbonyl (C=O) groups excluding carboxylic acids is 1. The number of nitro benzene ring substituents is 1. The highest BCUT2D eigenvalue weighted by Gasteiger charge is 2.18. The average molecular weight is 291 g/mol. The van der Waals surface area contributed by atoms with Crippen LogP contribution in [0.1, 0.15) is 31.2 Å². The highest BCUT2D eigenvalue weighted by molar-refractivity contribution is 5.77. The number of nitrogens with one attached hydrogen (secondary N) is 1. The lowest BCUT2D eigenvalue weighted by atomic mass is 10.1. The van der Waals surface area contributed by atoms with Crippen molar-refractivity contribution in [2.24, 2.45) is 0 Å². The van der Waals surface area contributed by atoms with Crippen LogP contribution in [0.15, 0.2) is 18.2 Å². The van der Waals surface area contributed by atoms with Gasteiger partial charge in [0.1, 0.15) is 5.69 Å². The van der Waals surface area contributed by atoms with E-state index in [-0.39, 0.29) is 11.6 Å². The van der Waals surface area contributed by atoms with Gasteiger partial charge in [-0.2, -0.15) is 0 Å². The third kappa shape index (κ3) is 3.93. The van der Waals surface area contributed by atoms with E-state index in [1.165, 1.54) is 12.5 Å². The smallest absolute Gasteiger partial charge is 0.292 e. The number of aryl methyl sites for hydroxylation is 1. The predicted molar refractivity (Wildman–Crippen MR) is 81.4 cm³/mol. The summed E-state index contributed by atoms with van der Waals surface area (Å²) < 4.78 is 0. The molecular weight excluding hydrogens is 270 g/mol. The lowest BCUT2D eigenvalue weighted by Gasteiger charge is -2.26. The van der Waals surface area contributed by atoms with Crippen LogP contribution >= 0.6 is 0 Å². The quantitative estimate of drug-likeness (QED) is 0.668. The second-order valence-corrected chi connectivity index (χ2v) is 5.34. The summed E-state index contributed by atoms with van der Waals surface area (Å²) in [5, 5.41) is 14.1. The van der Waals surface area contributed by atoms with Gasteiger partial charge in [-0.1, -0.05) is 12.1 Å². The minimum Gasteiger partial charge on any atom is -0.379 e. The molecule has 0 aliphatic carbocycles. The Kier molecular flexibility index (Phi) is 5.14. The summed E-state index contributed by atoms with van der Waals surface area (Å²) in [5.74, 6) is 0.124. The van der Waals surface area contributed by atoms with Crippen molar-refractivity contribution in [2.75, 3.05) is 25.0 Å². The lowest BCUT2D eigenvalue weighted by molar-refractivity contribution is -0.384. The third-order valence-corrected chi connectivity index (χ3v) is 3.80. The molecule has 0 unspecified atom stereocenters. The summed E-state index contributed by atoms with van der Waals surface area (Å²) in [6.07, 6.45) is 3.70. The largest absolute Gasteiger partial charge is 0.379 e. The van der Waals surface area contributed by atoms with Crippen LogP contribution in [0.25, 0.3) is 0 Å². The van der Waals surface area contributed by atoms with Crippen molar-refractivity contribution >= 4 is 17.3 Å². The zero-order valence-corrected chi connectivity index (χ0v) is 12.3. The summed E-state index contributed by atoms with van der Waals surface area (Å²) in [4.78, 5) is 24.5. The molecule has 0 aromatic heterocycles. The van der Waals surface area contributed by atoms with Crippen molar-refractivity contribution in [3.05, 3.63) is 33.9 Å². The fourth-order valence-electron chi connectivity index (χ4n) is 2.63. The standard InChI is InChI=1S/C15H21N3O3/c1-12-6-5-7-13(18(20)21)15(12)16-9-8-14(19)17-10-3-2-4-11-17/h5-7,16H,2-4,8-11H2,1H3. The number of amides is 1. The Morgan fingerprint density at radius 1 is 1.33 bits per heavy atom. The van der Waals surface area contributed by atoms with Gasteiger partial charge >= 0.3 is 0 Å². The van der Waals surface area contributed by atoms with E-state index in [9.17, 15) is 14.9 Å². The number of nitrogens with zero attached hydrogens (tertiary/aromatic N) is 2. The summed E-state index contributed by atoms with van der Waals surface area (Å²) in [7, 11) is 0. The monoisotopic (exact) mass is 291 g/mol. The number of benzene rings is 1. The van der Waals surface area contributed by atoms with Gasteiger partial charge in [-0.3, -0.25) is 14.9 Å². The van der Waals surface area contributed by atoms with Gasteiger partial charge in [-0.25, -0.2) is 0 Å². The Morgan fingerprint density at radius 2 is 2.05 bits per heavy atom. The zero-order valence-electron chi connectivity index (χ0n) is 12.3. The number of carbonyl (C=O) groups is 1. The van der Waals surface area contributed by atoms with Gasteiger partial charge in [0, 0.05) is 32.1 Å². The number of likely N-dealkylation sites (tertiary alicyclic amines) is 1. The highest BCUT2D eigenvalue weighted by Crippen LogP contribution is 2.27. The molecule has 21 heavy (non-hydrogen) atoms. The molecule has 6 heteroatoms. The Bertz CT molecular complexity index is 525. The van der Waals surface area contributed by atoms with Crippen molar-refractivity contribution in [3.8, 4) is 0 Å². The van der Waals surface area contributed by atoms with Crippen LogP contribution in [0.2, 0.25) is 0 Å². The van der Waals surface area contributed by atoms with Crippen molar-refractivity contribution < 1.29 is 9.72 Å². The molecule has 1 N–H and O–H groups in total. The molecule has 6 nitrogen and oxygen atoms in total. The van der Waals surface area contributed by atoms with Crippen LogP contribution in [0, 0.1) is 17.0 Å². The maximum Gasteiger partial charge on any atom is 0.292 e. The van der Waals surface area contributed by atoms with E-state index in [0.29, 0.717) is 18.7 Å². The molecule has 1 heterocycles. The summed E-state index contributed by atoms with van der Waals surface area (Å²) in [6, 6.07) is 4.96. The van der Waals surface area contributed by atoms with Gasteiger partial charge in [0.25, 0.3) is 5.69 Å². The molecule has 0 spiro atoms. The molecular formula is C15H21N3O3. The number of rotatable bonds is 5. The van der Waals surface area contributed by atoms with Crippen molar-refractivity contribution in [1.82, 2.24) is 4.90 Å². The summed E-state index contributed by atoms with van der Waals surface area (Å²) in [6.45, 7) is 3.91. The Hall–Kier alpha value is -2.11. The molecule has 1 aromatic carbocycles. The van der Waals surface area contributed by atoms with Crippen molar-refractivity contribution in [3.63, 3.8) is 0 Å². The van der Waals surface area contributed by atoms with Gasteiger partial charge in [0.15, 0.2) is 0 Å². The van der Waals surface area contributed by atoms with E-state index in [4.69, 9.17) is 0 Å². The minimum atomic E-state index is -0.401. The number of piperidine rings is 1. The van der Waals surface area contributed by atoms with Crippen molar-refractivity contribution in [2.45, 2.75) is 32.6 Å². The molecule has 1 saturated heterocycles. The lowest BCUT2D eigenvalue weighted by Crippen LogP contribution is -2.36. The first-order valence-corrected chi connectivity index (χ1v) is 7.35. The normalized spacial score (nSPS) is 14.8. The maximum atomic E-state index is 12.0. The molecule has 1 aromatic rings. The van der Waals surface area contributed by atoms with Crippen LogP contribution in [-0.4, -0.2) is 35.4 Å². The fraction of sp³-hybridized carbons (Fsp3) is 0.533. The van der Waals surface area contributed by atoms with Gasteiger partial charge in [-0.05, 0) is 31.7 Å². The number of para-hydroxylation sites is 1. The van der Waals surface area contributed by atoms with Crippen LogP contribution in [0.3, 0.4) is 0 Å².